The van der Waals surface area contributed by atoms with Crippen LogP contribution in [0.15, 0.2) is 42.0 Å². The SMILES string of the molecule is CSC/C(=C\CCI)CCCCc1ccccc1. The van der Waals surface area contributed by atoms with Crippen LogP contribution in [0, 0.1) is 0 Å². The van der Waals surface area contributed by atoms with E-state index in [2.05, 4.69) is 65.3 Å². The van der Waals surface area contributed by atoms with Crippen molar-refractivity contribution in [2.75, 3.05) is 16.4 Å². The van der Waals surface area contributed by atoms with Crippen LogP contribution in [-0.4, -0.2) is 16.4 Å². The van der Waals surface area contributed by atoms with Crippen molar-refractivity contribution in [3.63, 3.8) is 0 Å². The fourth-order valence-corrected chi connectivity index (χ4v) is 2.95. The summed E-state index contributed by atoms with van der Waals surface area (Å²) in [7, 11) is 0. The van der Waals surface area contributed by atoms with E-state index >= 15 is 0 Å². The maximum absolute atomic E-state index is 2.45. The lowest BCUT2D eigenvalue weighted by Gasteiger charge is -2.06. The van der Waals surface area contributed by atoms with Crippen molar-refractivity contribution in [1.82, 2.24) is 0 Å². The Bertz CT molecular complexity index is 332. The summed E-state index contributed by atoms with van der Waals surface area (Å²) in [6.07, 6.45) is 11.0. The summed E-state index contributed by atoms with van der Waals surface area (Å²) >= 11 is 4.39. The Labute approximate surface area is 130 Å². The van der Waals surface area contributed by atoms with Gasteiger partial charge in [0.2, 0.25) is 0 Å². The van der Waals surface area contributed by atoms with Crippen LogP contribution in [0.2, 0.25) is 0 Å². The Balaban J connectivity index is 2.22. The van der Waals surface area contributed by atoms with Crippen molar-refractivity contribution in [2.24, 2.45) is 0 Å². The summed E-state index contributed by atoms with van der Waals surface area (Å²) in [5.41, 5.74) is 3.12. The fourth-order valence-electron chi connectivity index (χ4n) is 2.00. The number of hydrogen-bond donors (Lipinski definition) is 0. The maximum Gasteiger partial charge on any atom is 0.0140 e. The molecule has 0 aliphatic rings. The number of hydrogen-bond acceptors (Lipinski definition) is 1. The minimum atomic E-state index is 1.21. The standard InChI is InChI=1S/C16H23IS/c1-18-14-16(12-7-13-17)11-6-5-10-15-8-3-2-4-9-15/h2-4,8-9,12H,5-7,10-11,13-14H2,1H3/b16-12-. The summed E-state index contributed by atoms with van der Waals surface area (Å²) in [6.45, 7) is 0. The fraction of sp³-hybridized carbons (Fsp3) is 0.500. The van der Waals surface area contributed by atoms with Crippen molar-refractivity contribution in [3.05, 3.63) is 47.5 Å². The van der Waals surface area contributed by atoms with Gasteiger partial charge in [-0.3, -0.25) is 0 Å². The molecule has 0 radical (unpaired) electrons. The first-order chi connectivity index (χ1) is 8.86. The lowest BCUT2D eigenvalue weighted by Crippen LogP contribution is -1.91. The molecule has 0 aliphatic carbocycles. The van der Waals surface area contributed by atoms with E-state index in [9.17, 15) is 0 Å². The lowest BCUT2D eigenvalue weighted by molar-refractivity contribution is 0.729. The molecule has 0 nitrogen and oxygen atoms in total. The van der Waals surface area contributed by atoms with Crippen LogP contribution >= 0.6 is 34.4 Å². The van der Waals surface area contributed by atoms with Gasteiger partial charge in [0, 0.05) is 10.2 Å². The molecule has 0 saturated carbocycles. The van der Waals surface area contributed by atoms with Crippen LogP contribution in [0.3, 0.4) is 0 Å². The van der Waals surface area contributed by atoms with Crippen LogP contribution in [0.5, 0.6) is 0 Å². The molecule has 0 unspecified atom stereocenters. The molecule has 1 rings (SSSR count). The highest BCUT2D eigenvalue weighted by atomic mass is 127. The first-order valence-corrected chi connectivity index (χ1v) is 9.55. The third kappa shape index (κ3) is 7.47. The van der Waals surface area contributed by atoms with Crippen LogP contribution in [-0.2, 0) is 6.42 Å². The van der Waals surface area contributed by atoms with Gasteiger partial charge >= 0.3 is 0 Å². The Morgan fingerprint density at radius 1 is 1.22 bits per heavy atom. The molecule has 0 aromatic heterocycles. The number of unbranched alkanes of at least 4 members (excludes halogenated alkanes) is 1. The summed E-state index contributed by atoms with van der Waals surface area (Å²) < 4.78 is 1.24. The number of halogens is 1. The summed E-state index contributed by atoms with van der Waals surface area (Å²) in [6, 6.07) is 10.8. The van der Waals surface area contributed by atoms with Gasteiger partial charge in [-0.05, 0) is 43.9 Å². The molecule has 2 heteroatoms. The number of allylic oxidation sites excluding steroid dienone is 1. The highest BCUT2D eigenvalue weighted by Crippen LogP contribution is 2.15. The van der Waals surface area contributed by atoms with E-state index in [1.807, 2.05) is 11.8 Å². The Morgan fingerprint density at radius 3 is 2.67 bits per heavy atom. The molecular weight excluding hydrogens is 351 g/mol. The number of thioether (sulfide) groups is 1. The van der Waals surface area contributed by atoms with Gasteiger partial charge in [-0.1, -0.05) is 64.6 Å². The summed E-state index contributed by atoms with van der Waals surface area (Å²) in [4.78, 5) is 0. The number of rotatable bonds is 9. The Hall–Kier alpha value is 0.0400. The van der Waals surface area contributed by atoms with Gasteiger partial charge in [0.1, 0.15) is 0 Å². The number of benzene rings is 1. The smallest absolute Gasteiger partial charge is 0.0140 e. The first-order valence-electron chi connectivity index (χ1n) is 6.63. The molecule has 0 atom stereocenters. The van der Waals surface area contributed by atoms with Gasteiger partial charge in [-0.25, -0.2) is 0 Å². The number of aryl methyl sites for hydroxylation is 1. The minimum absolute atomic E-state index is 1.21. The lowest BCUT2D eigenvalue weighted by atomic mass is 10.0. The molecule has 0 saturated heterocycles. The molecule has 0 aliphatic heterocycles. The minimum Gasteiger partial charge on any atom is -0.161 e. The topological polar surface area (TPSA) is 0 Å². The van der Waals surface area contributed by atoms with Gasteiger partial charge in [-0.2, -0.15) is 11.8 Å². The predicted octanol–water partition coefficient (Wildman–Crippen LogP) is 5.51. The first kappa shape index (κ1) is 16.1. The molecule has 1 aromatic carbocycles. The van der Waals surface area contributed by atoms with Gasteiger partial charge in [0.15, 0.2) is 0 Å². The quantitative estimate of drug-likeness (QED) is 0.238. The van der Waals surface area contributed by atoms with Crippen molar-refractivity contribution in [1.29, 1.82) is 0 Å². The van der Waals surface area contributed by atoms with E-state index in [-0.39, 0.29) is 0 Å². The maximum atomic E-state index is 2.45. The zero-order valence-corrected chi connectivity index (χ0v) is 14.2. The van der Waals surface area contributed by atoms with Gasteiger partial charge < -0.3 is 0 Å². The summed E-state index contributed by atoms with van der Waals surface area (Å²) in [5.74, 6) is 1.21. The van der Waals surface area contributed by atoms with Crippen molar-refractivity contribution < 1.29 is 0 Å². The second kappa shape index (κ2) is 10.9. The normalized spacial score (nSPS) is 11.8. The largest absolute Gasteiger partial charge is 0.161 e. The molecule has 1 aromatic rings. The van der Waals surface area contributed by atoms with Gasteiger partial charge in [0.05, 0.1) is 0 Å². The van der Waals surface area contributed by atoms with Crippen LogP contribution in [0.1, 0.15) is 31.2 Å². The highest BCUT2D eigenvalue weighted by molar-refractivity contribution is 14.1. The third-order valence-electron chi connectivity index (χ3n) is 2.93. The zero-order valence-electron chi connectivity index (χ0n) is 11.2. The number of alkyl halides is 1. The van der Waals surface area contributed by atoms with E-state index in [1.54, 1.807) is 5.57 Å². The molecule has 100 valence electrons. The van der Waals surface area contributed by atoms with E-state index < -0.39 is 0 Å². The zero-order chi connectivity index (χ0) is 13.1. The molecule has 18 heavy (non-hydrogen) atoms. The second-order valence-electron chi connectivity index (χ2n) is 4.47. The van der Waals surface area contributed by atoms with Crippen molar-refractivity contribution >= 4 is 34.4 Å². The van der Waals surface area contributed by atoms with E-state index in [0.717, 1.165) is 0 Å². The van der Waals surface area contributed by atoms with Crippen molar-refractivity contribution in [3.8, 4) is 0 Å². The van der Waals surface area contributed by atoms with Crippen LogP contribution in [0.25, 0.3) is 0 Å². The average Bonchev–Trinajstić information content (AvgIpc) is 2.42. The van der Waals surface area contributed by atoms with Gasteiger partial charge in [0.25, 0.3) is 0 Å². The molecule has 0 N–H and O–H groups in total. The highest BCUT2D eigenvalue weighted by Gasteiger charge is 1.98. The molecule has 0 heterocycles. The third-order valence-corrected chi connectivity index (χ3v) is 4.21. The molecule has 0 spiro atoms. The van der Waals surface area contributed by atoms with E-state index in [4.69, 9.17) is 0 Å². The van der Waals surface area contributed by atoms with E-state index in [0.29, 0.717) is 0 Å². The Kier molecular flexibility index (Phi) is 9.76. The van der Waals surface area contributed by atoms with E-state index in [1.165, 1.54) is 47.8 Å². The average molecular weight is 374 g/mol. The monoisotopic (exact) mass is 374 g/mol. The summed E-state index contributed by atoms with van der Waals surface area (Å²) in [5, 5.41) is 0. The molecular formula is C16H23IS. The second-order valence-corrected chi connectivity index (χ2v) is 6.41. The van der Waals surface area contributed by atoms with Crippen LogP contribution in [0.4, 0.5) is 0 Å². The predicted molar refractivity (Wildman–Crippen MR) is 94.0 cm³/mol. The molecule has 0 amide bonds. The van der Waals surface area contributed by atoms with Crippen molar-refractivity contribution in [2.45, 2.75) is 32.1 Å². The molecule has 0 fully saturated rings. The van der Waals surface area contributed by atoms with Gasteiger partial charge in [-0.15, -0.1) is 0 Å². The Morgan fingerprint density at radius 2 is 2.00 bits per heavy atom. The van der Waals surface area contributed by atoms with Crippen LogP contribution < -0.4 is 0 Å². The molecule has 0 bridgehead atoms.